The number of benzene rings is 2. The average Bonchev–Trinajstić information content (AvgIpc) is 2.61. The number of primary sulfonamides is 1. The lowest BCUT2D eigenvalue weighted by Gasteiger charge is -2.23. The lowest BCUT2D eigenvalue weighted by atomic mass is 10.1. The van der Waals surface area contributed by atoms with Crippen molar-refractivity contribution in [3.05, 3.63) is 64.2 Å². The maximum atomic E-state index is 12.2. The van der Waals surface area contributed by atoms with E-state index in [-0.39, 0.29) is 10.5 Å². The summed E-state index contributed by atoms with van der Waals surface area (Å²) in [4.78, 5) is 21.1. The first kappa shape index (κ1) is 18.6. The molecule has 3 aromatic rings. The Hall–Kier alpha value is -3.15. The maximum Gasteiger partial charge on any atom is 0.258 e. The zero-order valence-electron chi connectivity index (χ0n) is 14.6. The molecule has 0 unspecified atom stereocenters. The Morgan fingerprint density at radius 3 is 2.56 bits per heavy atom. The van der Waals surface area contributed by atoms with E-state index < -0.39 is 10.0 Å². The first-order chi connectivity index (χ1) is 12.8. The number of hydrogen-bond acceptors (Lipinski definition) is 5. The molecule has 7 nitrogen and oxygen atoms in total. The van der Waals surface area contributed by atoms with Gasteiger partial charge in [0.1, 0.15) is 5.82 Å². The standard InChI is InChI=1S/C19H18N4O3S/c1-3-10-23(15-5-7-16(8-6-15)27(20,25)26)12-14-4-9-18-17(11-14)19(24)22-13(2)21-18/h1,4-9,11H,10,12H2,2H3,(H2,20,25,26)(H,21,22,24). The number of nitrogens with two attached hydrogens (primary N) is 1. The van der Waals surface area contributed by atoms with Gasteiger partial charge in [0.15, 0.2) is 0 Å². The van der Waals surface area contributed by atoms with Crippen molar-refractivity contribution in [2.45, 2.75) is 18.4 Å². The molecule has 0 saturated heterocycles. The second-order valence-corrected chi connectivity index (χ2v) is 7.66. The predicted octanol–water partition coefficient (Wildman–Crippen LogP) is 1.52. The summed E-state index contributed by atoms with van der Waals surface area (Å²) in [5.41, 5.74) is 2.06. The summed E-state index contributed by atoms with van der Waals surface area (Å²) in [6.45, 7) is 2.49. The Bertz CT molecular complexity index is 1190. The smallest absolute Gasteiger partial charge is 0.258 e. The Balaban J connectivity index is 1.94. The van der Waals surface area contributed by atoms with Gasteiger partial charge in [-0.25, -0.2) is 18.5 Å². The second-order valence-electron chi connectivity index (χ2n) is 6.10. The minimum atomic E-state index is -3.75. The number of aryl methyl sites for hydroxylation is 1. The number of anilines is 1. The van der Waals surface area contributed by atoms with Crippen LogP contribution >= 0.6 is 0 Å². The number of terminal acetylenes is 1. The monoisotopic (exact) mass is 382 g/mol. The number of nitrogens with zero attached hydrogens (tertiary/aromatic N) is 2. The number of rotatable bonds is 5. The molecule has 1 heterocycles. The molecule has 3 rings (SSSR count). The van der Waals surface area contributed by atoms with Crippen LogP contribution in [0.3, 0.4) is 0 Å². The van der Waals surface area contributed by atoms with Gasteiger partial charge < -0.3 is 9.88 Å². The highest BCUT2D eigenvalue weighted by atomic mass is 32.2. The summed E-state index contributed by atoms with van der Waals surface area (Å²) in [5, 5.41) is 5.63. The number of nitrogens with one attached hydrogen (secondary N) is 1. The molecule has 27 heavy (non-hydrogen) atoms. The van der Waals surface area contributed by atoms with Crippen LogP contribution in [0.4, 0.5) is 5.69 Å². The molecule has 8 heteroatoms. The van der Waals surface area contributed by atoms with E-state index in [0.29, 0.717) is 29.8 Å². The highest BCUT2D eigenvalue weighted by molar-refractivity contribution is 7.89. The predicted molar refractivity (Wildman–Crippen MR) is 105 cm³/mol. The van der Waals surface area contributed by atoms with Crippen LogP contribution in [0.15, 0.2) is 52.2 Å². The van der Waals surface area contributed by atoms with Crippen molar-refractivity contribution in [1.29, 1.82) is 0 Å². The zero-order valence-corrected chi connectivity index (χ0v) is 15.5. The van der Waals surface area contributed by atoms with E-state index in [2.05, 4.69) is 15.9 Å². The Morgan fingerprint density at radius 2 is 1.93 bits per heavy atom. The van der Waals surface area contributed by atoms with Crippen molar-refractivity contribution >= 4 is 26.6 Å². The third-order valence-corrected chi connectivity index (χ3v) is 5.00. The molecule has 3 N–H and O–H groups in total. The van der Waals surface area contributed by atoms with Crippen LogP contribution in [-0.4, -0.2) is 24.9 Å². The molecule has 0 fully saturated rings. The fourth-order valence-corrected chi connectivity index (χ4v) is 3.33. The van der Waals surface area contributed by atoms with Crippen molar-refractivity contribution < 1.29 is 8.42 Å². The topological polar surface area (TPSA) is 109 Å². The molecule has 2 aromatic carbocycles. The molecule has 0 aliphatic rings. The minimum Gasteiger partial charge on any atom is -0.356 e. The summed E-state index contributed by atoms with van der Waals surface area (Å²) < 4.78 is 22.8. The normalized spacial score (nSPS) is 11.3. The second kappa shape index (κ2) is 7.23. The summed E-state index contributed by atoms with van der Waals surface area (Å²) >= 11 is 0. The van der Waals surface area contributed by atoms with E-state index in [1.807, 2.05) is 11.0 Å². The van der Waals surface area contributed by atoms with Gasteiger partial charge in [-0.15, -0.1) is 6.42 Å². The molecule has 0 radical (unpaired) electrons. The first-order valence-corrected chi connectivity index (χ1v) is 9.63. The van der Waals surface area contributed by atoms with Gasteiger partial charge >= 0.3 is 0 Å². The van der Waals surface area contributed by atoms with Gasteiger partial charge in [0.25, 0.3) is 5.56 Å². The molecule has 0 aliphatic carbocycles. The van der Waals surface area contributed by atoms with Crippen LogP contribution < -0.4 is 15.6 Å². The Kier molecular flexibility index (Phi) is 4.99. The lowest BCUT2D eigenvalue weighted by Crippen LogP contribution is -2.23. The van der Waals surface area contributed by atoms with Crippen molar-refractivity contribution in [2.75, 3.05) is 11.4 Å². The Morgan fingerprint density at radius 1 is 1.22 bits per heavy atom. The van der Waals surface area contributed by atoms with Crippen LogP contribution in [0.5, 0.6) is 0 Å². The zero-order chi connectivity index (χ0) is 19.6. The third-order valence-electron chi connectivity index (χ3n) is 4.07. The maximum absolute atomic E-state index is 12.2. The summed E-state index contributed by atoms with van der Waals surface area (Å²) in [5.74, 6) is 3.15. The quantitative estimate of drug-likeness (QED) is 0.650. The van der Waals surface area contributed by atoms with Crippen molar-refractivity contribution in [3.63, 3.8) is 0 Å². The van der Waals surface area contributed by atoms with Gasteiger partial charge in [-0.1, -0.05) is 12.0 Å². The van der Waals surface area contributed by atoms with E-state index in [9.17, 15) is 13.2 Å². The summed E-state index contributed by atoms with van der Waals surface area (Å²) in [7, 11) is -3.75. The van der Waals surface area contributed by atoms with Gasteiger partial charge in [-0.3, -0.25) is 4.79 Å². The number of aromatic amines is 1. The van der Waals surface area contributed by atoms with Crippen molar-refractivity contribution in [3.8, 4) is 12.3 Å². The molecule has 138 valence electrons. The molecule has 0 spiro atoms. The van der Waals surface area contributed by atoms with Gasteiger partial charge in [0.2, 0.25) is 10.0 Å². The van der Waals surface area contributed by atoms with E-state index in [1.165, 1.54) is 12.1 Å². The molecule has 0 atom stereocenters. The molecule has 0 amide bonds. The number of hydrogen-bond donors (Lipinski definition) is 2. The number of aromatic nitrogens is 2. The summed E-state index contributed by atoms with van der Waals surface area (Å²) in [6, 6.07) is 11.6. The van der Waals surface area contributed by atoms with Crippen LogP contribution in [0.1, 0.15) is 11.4 Å². The molecule has 0 saturated carbocycles. The highest BCUT2D eigenvalue weighted by Gasteiger charge is 2.11. The third kappa shape index (κ3) is 4.16. The summed E-state index contributed by atoms with van der Waals surface area (Å²) in [6.07, 6.45) is 5.48. The highest BCUT2D eigenvalue weighted by Crippen LogP contribution is 2.20. The van der Waals surface area contributed by atoms with Gasteiger partial charge in [0, 0.05) is 12.2 Å². The molecule has 0 bridgehead atoms. The largest absolute Gasteiger partial charge is 0.356 e. The van der Waals surface area contributed by atoms with E-state index in [0.717, 1.165) is 11.3 Å². The molecule has 1 aromatic heterocycles. The van der Waals surface area contributed by atoms with E-state index in [1.54, 1.807) is 31.2 Å². The van der Waals surface area contributed by atoms with Crippen LogP contribution in [0.25, 0.3) is 10.9 Å². The number of fused-ring (bicyclic) bond motifs is 1. The van der Waals surface area contributed by atoms with Crippen molar-refractivity contribution in [1.82, 2.24) is 9.97 Å². The van der Waals surface area contributed by atoms with Crippen LogP contribution in [-0.2, 0) is 16.6 Å². The van der Waals surface area contributed by atoms with Crippen LogP contribution in [0.2, 0.25) is 0 Å². The fraction of sp³-hybridized carbons (Fsp3) is 0.158. The first-order valence-electron chi connectivity index (χ1n) is 8.09. The van der Waals surface area contributed by atoms with E-state index >= 15 is 0 Å². The molecule has 0 aliphatic heterocycles. The number of H-pyrrole nitrogens is 1. The molecular weight excluding hydrogens is 364 g/mol. The Labute approximate surface area is 156 Å². The van der Waals surface area contributed by atoms with Gasteiger partial charge in [-0.05, 0) is 48.9 Å². The lowest BCUT2D eigenvalue weighted by molar-refractivity contribution is 0.598. The average molecular weight is 382 g/mol. The fourth-order valence-electron chi connectivity index (χ4n) is 2.82. The van der Waals surface area contributed by atoms with Crippen LogP contribution in [0, 0.1) is 19.3 Å². The van der Waals surface area contributed by atoms with E-state index in [4.69, 9.17) is 11.6 Å². The van der Waals surface area contributed by atoms with Gasteiger partial charge in [0.05, 0.1) is 22.3 Å². The van der Waals surface area contributed by atoms with Crippen molar-refractivity contribution in [2.24, 2.45) is 5.14 Å². The van der Waals surface area contributed by atoms with Gasteiger partial charge in [-0.2, -0.15) is 0 Å². The number of sulfonamides is 1. The molecular formula is C19H18N4O3S. The SMILES string of the molecule is C#CCN(Cc1ccc2nc(C)[nH]c(=O)c2c1)c1ccc(S(N)(=O)=O)cc1. The minimum absolute atomic E-state index is 0.0330.